The van der Waals surface area contributed by atoms with E-state index in [1.165, 1.54) is 22.7 Å². The van der Waals surface area contributed by atoms with Gasteiger partial charge in [-0.3, -0.25) is 9.59 Å². The predicted molar refractivity (Wildman–Crippen MR) is 128 cm³/mol. The van der Waals surface area contributed by atoms with Crippen molar-refractivity contribution >= 4 is 51.9 Å². The highest BCUT2D eigenvalue weighted by molar-refractivity contribution is 7.98. The molecule has 1 aromatic carbocycles. The van der Waals surface area contributed by atoms with Gasteiger partial charge in [0.25, 0.3) is 11.8 Å². The monoisotopic (exact) mass is 472 g/mol. The summed E-state index contributed by atoms with van der Waals surface area (Å²) in [4.78, 5) is 38.2. The number of carbonyl (C=O) groups is 2. The Balaban J connectivity index is 1.37. The van der Waals surface area contributed by atoms with Gasteiger partial charge in [0.1, 0.15) is 10.6 Å². The van der Waals surface area contributed by atoms with Gasteiger partial charge in [-0.05, 0) is 45.1 Å². The zero-order valence-electron chi connectivity index (χ0n) is 17.7. The minimum Gasteiger partial charge on any atom is -0.338 e. The molecule has 1 aliphatic heterocycles. The van der Waals surface area contributed by atoms with Crippen LogP contribution in [0.2, 0.25) is 0 Å². The Morgan fingerprint density at radius 1 is 1.16 bits per heavy atom. The number of rotatable bonds is 5. The molecule has 3 aromatic rings. The van der Waals surface area contributed by atoms with Crippen molar-refractivity contribution in [1.82, 2.24) is 14.9 Å². The molecule has 31 heavy (non-hydrogen) atoms. The second-order valence-corrected chi connectivity index (χ2v) is 10.4. The van der Waals surface area contributed by atoms with Crippen molar-refractivity contribution in [3.63, 3.8) is 0 Å². The first-order valence-corrected chi connectivity index (χ1v) is 13.0. The fourth-order valence-corrected chi connectivity index (χ4v) is 6.13. The quantitative estimate of drug-likeness (QED) is 0.516. The van der Waals surface area contributed by atoms with E-state index in [4.69, 9.17) is 0 Å². The summed E-state index contributed by atoms with van der Waals surface area (Å²) in [6, 6.07) is 7.75. The van der Waals surface area contributed by atoms with Gasteiger partial charge in [0.2, 0.25) is 0 Å². The summed E-state index contributed by atoms with van der Waals surface area (Å²) in [5.74, 6) is 0.166. The number of para-hydroxylation sites is 1. The fourth-order valence-electron chi connectivity index (χ4n) is 3.72. The molecule has 1 saturated heterocycles. The van der Waals surface area contributed by atoms with Crippen LogP contribution in [0.5, 0.6) is 0 Å². The van der Waals surface area contributed by atoms with Gasteiger partial charge in [-0.1, -0.05) is 12.1 Å². The lowest BCUT2D eigenvalue weighted by Gasteiger charge is -2.30. The van der Waals surface area contributed by atoms with Crippen LogP contribution in [-0.2, 0) is 0 Å². The molecule has 0 atom stereocenters. The Bertz CT molecular complexity index is 1100. The van der Waals surface area contributed by atoms with Gasteiger partial charge in [0.05, 0.1) is 21.4 Å². The number of aromatic nitrogens is 2. The summed E-state index contributed by atoms with van der Waals surface area (Å²) >= 11 is 4.59. The number of anilines is 1. The predicted octanol–water partition coefficient (Wildman–Crippen LogP) is 5.21. The van der Waals surface area contributed by atoms with E-state index in [2.05, 4.69) is 15.3 Å². The van der Waals surface area contributed by atoms with Gasteiger partial charge < -0.3 is 10.2 Å². The summed E-state index contributed by atoms with van der Waals surface area (Å²) in [5, 5.41) is 6.69. The first kappa shape index (κ1) is 22.0. The second-order valence-electron chi connectivity index (χ2n) is 7.44. The minimum absolute atomic E-state index is 0.0771. The zero-order chi connectivity index (χ0) is 22.0. The van der Waals surface area contributed by atoms with Crippen LogP contribution >= 0.6 is 34.4 Å². The highest BCUT2D eigenvalue weighted by Crippen LogP contribution is 2.32. The van der Waals surface area contributed by atoms with Gasteiger partial charge in [0.15, 0.2) is 0 Å². The smallest absolute Gasteiger partial charge is 0.275 e. The average molecular weight is 473 g/mol. The maximum absolute atomic E-state index is 12.8. The molecule has 9 heteroatoms. The first-order valence-electron chi connectivity index (χ1n) is 10.1. The molecule has 162 valence electrons. The van der Waals surface area contributed by atoms with Gasteiger partial charge in [-0.25, -0.2) is 9.97 Å². The van der Waals surface area contributed by atoms with E-state index in [0.29, 0.717) is 18.8 Å². The number of nitrogens with one attached hydrogen (secondary N) is 1. The summed E-state index contributed by atoms with van der Waals surface area (Å²) in [6.45, 7) is 5.21. The van der Waals surface area contributed by atoms with Crippen LogP contribution < -0.4 is 5.32 Å². The number of aryl methyl sites for hydroxylation is 2. The van der Waals surface area contributed by atoms with E-state index in [0.717, 1.165) is 44.0 Å². The number of amides is 2. The lowest BCUT2D eigenvalue weighted by molar-refractivity contribution is 0.0717. The van der Waals surface area contributed by atoms with Crippen molar-refractivity contribution in [3.8, 4) is 0 Å². The van der Waals surface area contributed by atoms with E-state index in [9.17, 15) is 9.59 Å². The minimum atomic E-state index is -0.187. The molecule has 2 aromatic heterocycles. The molecule has 2 amide bonds. The summed E-state index contributed by atoms with van der Waals surface area (Å²) in [7, 11) is 0. The molecule has 0 unspecified atom stereocenters. The molecule has 3 heterocycles. The third-order valence-corrected chi connectivity index (χ3v) is 8.20. The van der Waals surface area contributed by atoms with Crippen LogP contribution in [0, 0.1) is 13.8 Å². The van der Waals surface area contributed by atoms with Crippen LogP contribution in [0.1, 0.15) is 54.6 Å². The Hall–Kier alpha value is -2.23. The van der Waals surface area contributed by atoms with Crippen LogP contribution in [0.3, 0.4) is 0 Å². The number of nitrogens with zero attached hydrogens (tertiary/aromatic N) is 3. The van der Waals surface area contributed by atoms with Crippen LogP contribution in [-0.4, -0.2) is 46.0 Å². The SMILES string of the molecule is CSc1ccccc1NC(=O)c1csc(C2CCN(C(=O)c3sc(C)nc3C)CC2)n1. The number of hydrogen-bond donors (Lipinski definition) is 1. The Kier molecular flexibility index (Phi) is 6.74. The van der Waals surface area contributed by atoms with Gasteiger partial charge in [-0.2, -0.15) is 0 Å². The van der Waals surface area contributed by atoms with Crippen molar-refractivity contribution in [2.45, 2.75) is 37.5 Å². The number of carbonyl (C=O) groups excluding carboxylic acids is 2. The van der Waals surface area contributed by atoms with Crippen LogP contribution in [0.4, 0.5) is 5.69 Å². The largest absolute Gasteiger partial charge is 0.338 e. The molecule has 4 rings (SSSR count). The van der Waals surface area contributed by atoms with E-state index >= 15 is 0 Å². The third-order valence-electron chi connectivity index (χ3n) is 5.34. The van der Waals surface area contributed by atoms with Crippen molar-refractivity contribution in [3.05, 3.63) is 55.9 Å². The van der Waals surface area contributed by atoms with Crippen molar-refractivity contribution in [1.29, 1.82) is 0 Å². The van der Waals surface area contributed by atoms with Gasteiger partial charge in [0, 0.05) is 29.3 Å². The maximum atomic E-state index is 12.8. The van der Waals surface area contributed by atoms with Crippen molar-refractivity contribution in [2.75, 3.05) is 24.7 Å². The zero-order valence-corrected chi connectivity index (χ0v) is 20.1. The highest BCUT2D eigenvalue weighted by Gasteiger charge is 2.28. The van der Waals surface area contributed by atoms with Gasteiger partial charge in [-0.15, -0.1) is 34.4 Å². The lowest BCUT2D eigenvalue weighted by Crippen LogP contribution is -2.37. The fraction of sp³-hybridized carbons (Fsp3) is 0.364. The Morgan fingerprint density at radius 2 is 1.90 bits per heavy atom. The van der Waals surface area contributed by atoms with E-state index < -0.39 is 0 Å². The molecule has 0 radical (unpaired) electrons. The molecule has 0 bridgehead atoms. The van der Waals surface area contributed by atoms with Crippen LogP contribution in [0.25, 0.3) is 0 Å². The van der Waals surface area contributed by atoms with Crippen LogP contribution in [0.15, 0.2) is 34.5 Å². The molecule has 1 aliphatic rings. The summed E-state index contributed by atoms with van der Waals surface area (Å²) in [6.07, 6.45) is 3.69. The average Bonchev–Trinajstić information content (AvgIpc) is 3.40. The second kappa shape index (κ2) is 9.50. The van der Waals surface area contributed by atoms with Crippen molar-refractivity contribution < 1.29 is 9.59 Å². The summed E-state index contributed by atoms with van der Waals surface area (Å²) < 4.78 is 0. The maximum Gasteiger partial charge on any atom is 0.275 e. The Morgan fingerprint density at radius 3 is 2.58 bits per heavy atom. The molecular weight excluding hydrogens is 448 g/mol. The van der Waals surface area contributed by atoms with Crippen molar-refractivity contribution in [2.24, 2.45) is 0 Å². The van der Waals surface area contributed by atoms with Gasteiger partial charge >= 0.3 is 0 Å². The number of hydrogen-bond acceptors (Lipinski definition) is 7. The molecule has 0 saturated carbocycles. The summed E-state index contributed by atoms with van der Waals surface area (Å²) in [5.41, 5.74) is 2.06. The normalized spacial score (nSPS) is 14.6. The Labute approximate surface area is 194 Å². The topological polar surface area (TPSA) is 75.2 Å². The number of benzene rings is 1. The standard InChI is InChI=1S/C22H24N4O2S3/c1-13-19(31-14(2)23-13)22(28)26-10-8-15(9-11-26)21-25-17(12-30-21)20(27)24-16-6-4-5-7-18(16)29-3/h4-7,12,15H,8-11H2,1-3H3,(H,24,27). The number of likely N-dealkylation sites (tertiary alicyclic amines) is 1. The molecule has 1 fully saturated rings. The first-order chi connectivity index (χ1) is 15.0. The molecule has 0 spiro atoms. The molecule has 6 nitrogen and oxygen atoms in total. The van der Waals surface area contributed by atoms with E-state index in [-0.39, 0.29) is 17.7 Å². The number of thiazole rings is 2. The number of piperidine rings is 1. The third kappa shape index (κ3) is 4.83. The highest BCUT2D eigenvalue weighted by atomic mass is 32.2. The molecular formula is C22H24N4O2S3. The molecule has 1 N–H and O–H groups in total. The van der Waals surface area contributed by atoms with E-state index in [1.54, 1.807) is 11.8 Å². The van der Waals surface area contributed by atoms with E-state index in [1.807, 2.05) is 54.6 Å². The number of thioether (sulfide) groups is 1. The molecule has 0 aliphatic carbocycles. The lowest BCUT2D eigenvalue weighted by atomic mass is 9.97.